The number of aliphatic hydroxyl groups is 1. The number of benzene rings is 1. The zero-order valence-electron chi connectivity index (χ0n) is 11.5. The predicted molar refractivity (Wildman–Crippen MR) is 72.6 cm³/mol. The van der Waals surface area contributed by atoms with Crippen molar-refractivity contribution in [1.29, 1.82) is 5.26 Å². The van der Waals surface area contributed by atoms with Crippen molar-refractivity contribution in [2.24, 2.45) is 5.92 Å². The first-order chi connectivity index (χ1) is 9.91. The van der Waals surface area contributed by atoms with Gasteiger partial charge in [0.15, 0.2) is 0 Å². The Morgan fingerprint density at radius 2 is 2.00 bits per heavy atom. The van der Waals surface area contributed by atoms with Gasteiger partial charge in [0.05, 0.1) is 23.3 Å². The summed E-state index contributed by atoms with van der Waals surface area (Å²) in [5.74, 6) is -0.0320. The second-order valence-corrected chi connectivity index (χ2v) is 5.36. The van der Waals surface area contributed by atoms with E-state index in [2.05, 4.69) is 5.32 Å². The first-order valence-corrected chi connectivity index (χ1v) is 6.95. The fourth-order valence-electron chi connectivity index (χ4n) is 2.67. The van der Waals surface area contributed by atoms with Gasteiger partial charge in [0, 0.05) is 18.2 Å². The summed E-state index contributed by atoms with van der Waals surface area (Å²) in [4.78, 5) is 0. The second-order valence-electron chi connectivity index (χ2n) is 5.36. The van der Waals surface area contributed by atoms with E-state index in [0.717, 1.165) is 25.3 Å². The Kier molecular flexibility index (Phi) is 4.73. The smallest absolute Gasteiger partial charge is 0.393 e. The summed E-state index contributed by atoms with van der Waals surface area (Å²) in [7, 11) is 0. The van der Waals surface area contributed by atoms with Crippen molar-refractivity contribution in [2.45, 2.75) is 38.0 Å². The molecule has 0 saturated heterocycles. The van der Waals surface area contributed by atoms with Crippen molar-refractivity contribution in [2.75, 3.05) is 11.9 Å². The lowest BCUT2D eigenvalue weighted by atomic mass is 9.86. The van der Waals surface area contributed by atoms with Gasteiger partial charge in [-0.05, 0) is 31.0 Å². The van der Waals surface area contributed by atoms with Gasteiger partial charge in [0.25, 0.3) is 0 Å². The maximum Gasteiger partial charge on any atom is 0.418 e. The minimum absolute atomic E-state index is 0.0226. The zero-order valence-corrected chi connectivity index (χ0v) is 11.5. The highest BCUT2D eigenvalue weighted by molar-refractivity contribution is 5.56. The number of nitrogens with one attached hydrogen (secondary N) is 1. The van der Waals surface area contributed by atoms with E-state index in [4.69, 9.17) is 5.26 Å². The Bertz CT molecular complexity index is 537. The highest BCUT2D eigenvalue weighted by Crippen LogP contribution is 2.36. The summed E-state index contributed by atoms with van der Waals surface area (Å²) in [6.45, 7) is 0.302. The number of nitrogens with zero attached hydrogens (tertiary/aromatic N) is 1. The average Bonchev–Trinajstić information content (AvgIpc) is 2.45. The lowest BCUT2D eigenvalue weighted by molar-refractivity contribution is -0.137. The number of halogens is 3. The van der Waals surface area contributed by atoms with Crippen LogP contribution in [-0.2, 0) is 6.18 Å². The Labute approximate surface area is 121 Å². The number of alkyl halides is 3. The van der Waals surface area contributed by atoms with E-state index in [-0.39, 0.29) is 17.2 Å². The SMILES string of the molecule is N#Cc1ccc(NCC2CCCCC2O)c(C(F)(F)F)c1. The molecular weight excluding hydrogens is 281 g/mol. The fourth-order valence-corrected chi connectivity index (χ4v) is 2.67. The molecule has 1 aliphatic rings. The normalized spacial score (nSPS) is 22.6. The number of nitriles is 1. The molecule has 0 bridgehead atoms. The van der Waals surface area contributed by atoms with E-state index in [0.29, 0.717) is 13.0 Å². The minimum Gasteiger partial charge on any atom is -0.393 e. The van der Waals surface area contributed by atoms with E-state index in [1.807, 2.05) is 0 Å². The van der Waals surface area contributed by atoms with Crippen LogP contribution in [0.15, 0.2) is 18.2 Å². The van der Waals surface area contributed by atoms with Gasteiger partial charge in [-0.1, -0.05) is 12.8 Å². The minimum atomic E-state index is -4.51. The van der Waals surface area contributed by atoms with E-state index in [9.17, 15) is 18.3 Å². The molecule has 2 atom stereocenters. The molecule has 3 nitrogen and oxygen atoms in total. The monoisotopic (exact) mass is 298 g/mol. The summed E-state index contributed by atoms with van der Waals surface area (Å²) in [6.07, 6.45) is -1.51. The molecule has 0 amide bonds. The lowest BCUT2D eigenvalue weighted by Crippen LogP contribution is -2.30. The van der Waals surface area contributed by atoms with Crippen LogP contribution in [0.3, 0.4) is 0 Å². The molecule has 0 aromatic heterocycles. The summed E-state index contributed by atoms with van der Waals surface area (Å²) in [6, 6.07) is 5.19. The molecule has 2 unspecified atom stereocenters. The summed E-state index contributed by atoms with van der Waals surface area (Å²) >= 11 is 0. The van der Waals surface area contributed by atoms with Crippen LogP contribution in [0.25, 0.3) is 0 Å². The summed E-state index contributed by atoms with van der Waals surface area (Å²) < 4.78 is 39.0. The van der Waals surface area contributed by atoms with E-state index >= 15 is 0 Å². The van der Waals surface area contributed by atoms with Gasteiger partial charge in [-0.2, -0.15) is 18.4 Å². The molecule has 1 saturated carbocycles. The van der Waals surface area contributed by atoms with Crippen LogP contribution in [-0.4, -0.2) is 17.8 Å². The Morgan fingerprint density at radius 3 is 2.62 bits per heavy atom. The van der Waals surface area contributed by atoms with Crippen molar-refractivity contribution in [3.8, 4) is 6.07 Å². The molecule has 6 heteroatoms. The van der Waals surface area contributed by atoms with Gasteiger partial charge in [-0.25, -0.2) is 0 Å². The first kappa shape index (κ1) is 15.6. The molecule has 2 rings (SSSR count). The quantitative estimate of drug-likeness (QED) is 0.897. The number of hydrogen-bond acceptors (Lipinski definition) is 3. The second kappa shape index (κ2) is 6.35. The fraction of sp³-hybridized carbons (Fsp3) is 0.533. The Hall–Kier alpha value is -1.74. The third-order valence-corrected chi connectivity index (χ3v) is 3.88. The van der Waals surface area contributed by atoms with Gasteiger partial charge in [-0.15, -0.1) is 0 Å². The molecule has 1 aliphatic carbocycles. The van der Waals surface area contributed by atoms with Gasteiger partial charge in [0.2, 0.25) is 0 Å². The molecule has 0 spiro atoms. The predicted octanol–water partition coefficient (Wildman–Crippen LogP) is 3.54. The zero-order chi connectivity index (χ0) is 15.5. The Balaban J connectivity index is 2.14. The third kappa shape index (κ3) is 3.88. The number of aliphatic hydroxyl groups excluding tert-OH is 1. The van der Waals surface area contributed by atoms with E-state index in [1.54, 1.807) is 6.07 Å². The van der Waals surface area contributed by atoms with Crippen LogP contribution < -0.4 is 5.32 Å². The van der Waals surface area contributed by atoms with Crippen LogP contribution in [0, 0.1) is 17.2 Å². The topological polar surface area (TPSA) is 56.0 Å². The maximum absolute atomic E-state index is 13.0. The van der Waals surface area contributed by atoms with Gasteiger partial charge in [0.1, 0.15) is 0 Å². The van der Waals surface area contributed by atoms with Gasteiger partial charge >= 0.3 is 6.18 Å². The summed E-state index contributed by atoms with van der Waals surface area (Å²) in [5.41, 5.74) is -0.906. The molecule has 1 aromatic carbocycles. The van der Waals surface area contributed by atoms with Gasteiger partial charge in [-0.3, -0.25) is 0 Å². The van der Waals surface area contributed by atoms with Crippen LogP contribution in [0.5, 0.6) is 0 Å². The third-order valence-electron chi connectivity index (χ3n) is 3.88. The largest absolute Gasteiger partial charge is 0.418 e. The molecule has 0 heterocycles. The molecule has 114 valence electrons. The number of hydrogen-bond donors (Lipinski definition) is 2. The molecule has 1 aromatic rings. The Morgan fingerprint density at radius 1 is 1.29 bits per heavy atom. The molecule has 1 fully saturated rings. The molecule has 2 N–H and O–H groups in total. The van der Waals surface area contributed by atoms with Crippen molar-refractivity contribution in [3.05, 3.63) is 29.3 Å². The van der Waals surface area contributed by atoms with Crippen LogP contribution in [0.1, 0.15) is 36.8 Å². The molecule has 0 radical (unpaired) electrons. The van der Waals surface area contributed by atoms with E-state index < -0.39 is 17.8 Å². The summed E-state index contributed by atoms with van der Waals surface area (Å²) in [5, 5.41) is 21.4. The van der Waals surface area contributed by atoms with E-state index in [1.165, 1.54) is 12.1 Å². The lowest BCUT2D eigenvalue weighted by Gasteiger charge is -2.28. The van der Waals surface area contributed by atoms with Crippen molar-refractivity contribution in [1.82, 2.24) is 0 Å². The first-order valence-electron chi connectivity index (χ1n) is 6.95. The molecule has 0 aliphatic heterocycles. The van der Waals surface area contributed by atoms with Crippen molar-refractivity contribution < 1.29 is 18.3 Å². The highest BCUT2D eigenvalue weighted by Gasteiger charge is 2.34. The molecule has 21 heavy (non-hydrogen) atoms. The van der Waals surface area contributed by atoms with Crippen LogP contribution in [0.2, 0.25) is 0 Å². The average molecular weight is 298 g/mol. The van der Waals surface area contributed by atoms with Crippen LogP contribution >= 0.6 is 0 Å². The highest BCUT2D eigenvalue weighted by atomic mass is 19.4. The number of rotatable bonds is 3. The van der Waals surface area contributed by atoms with Crippen LogP contribution in [0.4, 0.5) is 18.9 Å². The number of anilines is 1. The van der Waals surface area contributed by atoms with Crippen molar-refractivity contribution >= 4 is 5.69 Å². The van der Waals surface area contributed by atoms with Gasteiger partial charge < -0.3 is 10.4 Å². The van der Waals surface area contributed by atoms with Crippen molar-refractivity contribution in [3.63, 3.8) is 0 Å². The standard InChI is InChI=1S/C15H17F3N2O/c16-15(17,18)12-7-10(8-19)5-6-13(12)20-9-11-3-1-2-4-14(11)21/h5-7,11,14,20-21H,1-4,9H2. The molecular formula is C15H17F3N2O. The maximum atomic E-state index is 13.0.